The molecule has 3 aromatic heterocycles. The summed E-state index contributed by atoms with van der Waals surface area (Å²) in [5, 5.41) is 16.8. The first-order valence-corrected chi connectivity index (χ1v) is 17.3. The first-order chi connectivity index (χ1) is 24.4. The third kappa shape index (κ3) is 6.31. The van der Waals surface area contributed by atoms with Crippen LogP contribution in [0.2, 0.25) is 0 Å². The predicted octanol–water partition coefficient (Wildman–Crippen LogP) is 3.93. The summed E-state index contributed by atoms with van der Waals surface area (Å²) in [6.45, 7) is 10.4. The molecule has 13 heteroatoms. The van der Waals surface area contributed by atoms with E-state index in [2.05, 4.69) is 64.5 Å². The van der Waals surface area contributed by atoms with E-state index in [-0.39, 0.29) is 35.2 Å². The Kier molecular flexibility index (Phi) is 8.80. The number of aliphatic hydroxyl groups is 1. The van der Waals surface area contributed by atoms with Crippen molar-refractivity contribution in [2.24, 2.45) is 12.5 Å². The molecule has 2 amide bonds. The Hall–Kier alpha value is -5.27. The number of benzene rings is 1. The van der Waals surface area contributed by atoms with E-state index in [0.29, 0.717) is 58.8 Å². The maximum atomic E-state index is 13.9. The van der Waals surface area contributed by atoms with Crippen molar-refractivity contribution in [1.29, 1.82) is 0 Å². The van der Waals surface area contributed by atoms with Crippen molar-refractivity contribution in [3.63, 3.8) is 0 Å². The molecule has 7 rings (SSSR count). The number of carbonyl (C=O) groups is 2. The van der Waals surface area contributed by atoms with E-state index in [1.165, 1.54) is 21.9 Å². The van der Waals surface area contributed by atoms with Crippen molar-refractivity contribution in [3.8, 4) is 11.3 Å². The van der Waals surface area contributed by atoms with Gasteiger partial charge >= 0.3 is 0 Å². The number of rotatable bonds is 9. The largest absolute Gasteiger partial charge is 0.392 e. The minimum absolute atomic E-state index is 0.0594. The van der Waals surface area contributed by atoms with Gasteiger partial charge in [0, 0.05) is 74.2 Å². The first kappa shape index (κ1) is 34.2. The average molecular weight is 692 g/mol. The van der Waals surface area contributed by atoms with Crippen LogP contribution < -0.4 is 26.0 Å². The highest BCUT2D eigenvalue weighted by Crippen LogP contribution is 2.40. The Morgan fingerprint density at radius 1 is 1.14 bits per heavy atom. The fraction of sp³-hybridized carbons (Fsp3) is 0.395. The molecule has 1 aromatic carbocycles. The molecule has 1 aliphatic carbocycles. The summed E-state index contributed by atoms with van der Waals surface area (Å²) in [5.41, 5.74) is 6.35. The Balaban J connectivity index is 1.20. The van der Waals surface area contributed by atoms with Crippen LogP contribution in [0.25, 0.3) is 11.3 Å². The van der Waals surface area contributed by atoms with Crippen LogP contribution in [0.4, 0.5) is 28.7 Å². The Labute approximate surface area is 297 Å². The van der Waals surface area contributed by atoms with E-state index in [1.807, 2.05) is 18.2 Å². The molecule has 0 unspecified atom stereocenters. The van der Waals surface area contributed by atoms with E-state index in [9.17, 15) is 19.5 Å². The van der Waals surface area contributed by atoms with Crippen LogP contribution in [0.3, 0.4) is 0 Å². The Morgan fingerprint density at radius 3 is 2.67 bits per heavy atom. The van der Waals surface area contributed by atoms with E-state index in [0.717, 1.165) is 38.0 Å². The standard InChI is InChI=1S/C38H45N9O4/c1-7-33(49)41-28-17-24(8-9-30(28)45-13-11-25(20-45)43(4)5)40-34-37(51)44(6)21-29(42-34)26-10-12-39-35(27(26)22-48)47-15-14-46-31(36(47)50)16-23-18-38(2,3)19-32(23)46/h7-10,12,16-17,21,25,48H,1,11,13-15,18-20,22H2,2-6H3,(H,40,42)(H,41,49)/t25-/m1/s1. The van der Waals surface area contributed by atoms with Crippen LogP contribution in [0, 0.1) is 5.41 Å². The molecule has 0 spiro atoms. The van der Waals surface area contributed by atoms with Crippen molar-refractivity contribution in [3.05, 3.63) is 88.2 Å². The van der Waals surface area contributed by atoms with E-state index >= 15 is 0 Å². The topological polar surface area (TPSA) is 141 Å². The van der Waals surface area contributed by atoms with E-state index in [4.69, 9.17) is 4.98 Å². The maximum Gasteiger partial charge on any atom is 0.293 e. The molecule has 266 valence electrons. The molecular formula is C38H45N9O4. The lowest BCUT2D eigenvalue weighted by atomic mass is 9.90. The van der Waals surface area contributed by atoms with E-state index < -0.39 is 0 Å². The number of aliphatic hydroxyl groups excluding tert-OH is 1. The molecule has 3 N–H and O–H groups in total. The normalized spacial score (nSPS) is 17.9. The molecule has 1 fully saturated rings. The maximum absolute atomic E-state index is 13.9. The number of carbonyl (C=O) groups excluding carboxylic acids is 2. The van der Waals surface area contributed by atoms with Crippen molar-refractivity contribution in [2.75, 3.05) is 54.2 Å². The molecule has 4 aromatic rings. The SMILES string of the molecule is C=CC(=O)Nc1cc(Nc2nc(-c3ccnc(N4CCn5c(cc6c5CC(C)(C)C6)C4=O)c3CO)cn(C)c2=O)ccc1N1CC[C@@H](N(C)C)C1. The van der Waals surface area contributed by atoms with Gasteiger partial charge in [-0.25, -0.2) is 9.97 Å². The third-order valence-electron chi connectivity index (χ3n) is 10.4. The van der Waals surface area contributed by atoms with Crippen LogP contribution in [0.1, 0.15) is 47.6 Å². The van der Waals surface area contributed by atoms with Gasteiger partial charge in [-0.15, -0.1) is 0 Å². The summed E-state index contributed by atoms with van der Waals surface area (Å²) < 4.78 is 3.57. The molecular weight excluding hydrogens is 646 g/mol. The summed E-state index contributed by atoms with van der Waals surface area (Å²) in [7, 11) is 5.77. The average Bonchev–Trinajstić information content (AvgIpc) is 3.80. The van der Waals surface area contributed by atoms with Crippen LogP contribution in [-0.2, 0) is 37.8 Å². The number of hydrogen-bond acceptors (Lipinski definition) is 9. The lowest BCUT2D eigenvalue weighted by molar-refractivity contribution is -0.111. The molecule has 0 bridgehead atoms. The van der Waals surface area contributed by atoms with Crippen LogP contribution in [0.15, 0.2) is 60.2 Å². The predicted molar refractivity (Wildman–Crippen MR) is 199 cm³/mol. The molecule has 5 heterocycles. The number of aryl methyl sites for hydroxylation is 1. The minimum Gasteiger partial charge on any atom is -0.392 e. The summed E-state index contributed by atoms with van der Waals surface area (Å²) in [6.07, 6.45) is 7.30. The van der Waals surface area contributed by atoms with Crippen molar-refractivity contribution >= 4 is 40.5 Å². The number of anilines is 5. The number of aromatic nitrogens is 4. The minimum atomic E-state index is -0.389. The van der Waals surface area contributed by atoms with Gasteiger partial charge in [0.25, 0.3) is 11.5 Å². The quantitative estimate of drug-likeness (QED) is 0.223. The first-order valence-electron chi connectivity index (χ1n) is 17.3. The second kappa shape index (κ2) is 13.1. The molecule has 13 nitrogen and oxygen atoms in total. The van der Waals surface area contributed by atoms with Crippen LogP contribution >= 0.6 is 0 Å². The number of hydrogen-bond donors (Lipinski definition) is 3. The van der Waals surface area contributed by atoms with Crippen molar-refractivity contribution < 1.29 is 14.7 Å². The summed E-state index contributed by atoms with van der Waals surface area (Å²) >= 11 is 0. The zero-order chi connectivity index (χ0) is 36.2. The van der Waals surface area contributed by atoms with Gasteiger partial charge in [-0.1, -0.05) is 20.4 Å². The number of amides is 2. The highest BCUT2D eigenvalue weighted by atomic mass is 16.3. The smallest absolute Gasteiger partial charge is 0.293 e. The third-order valence-corrected chi connectivity index (χ3v) is 10.4. The molecule has 2 aliphatic heterocycles. The molecule has 0 saturated carbocycles. The van der Waals surface area contributed by atoms with Gasteiger partial charge < -0.3 is 34.7 Å². The second-order valence-corrected chi connectivity index (χ2v) is 14.7. The van der Waals surface area contributed by atoms with Crippen LogP contribution in [-0.4, -0.2) is 80.7 Å². The zero-order valence-electron chi connectivity index (χ0n) is 29.9. The summed E-state index contributed by atoms with van der Waals surface area (Å²) in [4.78, 5) is 55.1. The number of likely N-dealkylation sites (N-methyl/N-ethyl adjacent to an activating group) is 1. The van der Waals surface area contributed by atoms with Crippen molar-refractivity contribution in [2.45, 2.75) is 52.3 Å². The Bertz CT molecular complexity index is 2110. The zero-order valence-corrected chi connectivity index (χ0v) is 29.9. The van der Waals surface area contributed by atoms with Gasteiger partial charge in [-0.2, -0.15) is 0 Å². The van der Waals surface area contributed by atoms with Crippen LogP contribution in [0.5, 0.6) is 0 Å². The fourth-order valence-corrected chi connectivity index (χ4v) is 7.73. The number of nitrogens with zero attached hydrogens (tertiary/aromatic N) is 7. The molecule has 51 heavy (non-hydrogen) atoms. The van der Waals surface area contributed by atoms with Gasteiger partial charge in [0.15, 0.2) is 5.82 Å². The van der Waals surface area contributed by atoms with Gasteiger partial charge in [0.2, 0.25) is 5.91 Å². The highest BCUT2D eigenvalue weighted by Gasteiger charge is 2.37. The van der Waals surface area contributed by atoms with Gasteiger partial charge in [-0.05, 0) is 80.7 Å². The molecule has 1 atom stereocenters. The Morgan fingerprint density at radius 2 is 1.94 bits per heavy atom. The van der Waals surface area contributed by atoms with Gasteiger partial charge in [0.05, 0.1) is 23.7 Å². The fourth-order valence-electron chi connectivity index (χ4n) is 7.73. The second-order valence-electron chi connectivity index (χ2n) is 14.7. The van der Waals surface area contributed by atoms with Gasteiger partial charge in [-0.3, -0.25) is 19.3 Å². The highest BCUT2D eigenvalue weighted by molar-refractivity contribution is 6.06. The lowest BCUT2D eigenvalue weighted by Gasteiger charge is -2.30. The molecule has 0 radical (unpaired) electrons. The summed E-state index contributed by atoms with van der Waals surface area (Å²) in [6, 6.07) is 9.70. The lowest BCUT2D eigenvalue weighted by Crippen LogP contribution is -2.41. The number of nitrogens with one attached hydrogen (secondary N) is 2. The number of pyridine rings is 1. The van der Waals surface area contributed by atoms with E-state index in [1.54, 1.807) is 36.5 Å². The molecule has 3 aliphatic rings. The molecule has 1 saturated heterocycles. The monoisotopic (exact) mass is 691 g/mol. The number of fused-ring (bicyclic) bond motifs is 3. The van der Waals surface area contributed by atoms with Crippen molar-refractivity contribution in [1.82, 2.24) is 24.0 Å². The van der Waals surface area contributed by atoms with Gasteiger partial charge in [0.1, 0.15) is 11.5 Å². The summed E-state index contributed by atoms with van der Waals surface area (Å²) in [5.74, 6) is -0.0670.